The third-order valence-electron chi connectivity index (χ3n) is 3.48. The number of carbonyl (C=O) groups excluding carboxylic acids is 1. The number of hydrogen-bond acceptors (Lipinski definition) is 3. The molecule has 1 N–H and O–H groups in total. The Morgan fingerprint density at radius 1 is 1.47 bits per heavy atom. The van der Waals surface area contributed by atoms with Crippen molar-refractivity contribution in [3.05, 3.63) is 0 Å². The molecule has 4 nitrogen and oxygen atoms in total. The smallest absolute Gasteiger partial charge is 0.238 e. The maximum atomic E-state index is 11.7. The first-order valence-corrected chi connectivity index (χ1v) is 5.70. The van der Waals surface area contributed by atoms with Gasteiger partial charge >= 0.3 is 0 Å². The zero-order valence-corrected chi connectivity index (χ0v) is 9.69. The Morgan fingerprint density at radius 3 is 2.67 bits per heavy atom. The molecule has 15 heavy (non-hydrogen) atoms. The third-order valence-corrected chi connectivity index (χ3v) is 3.48. The van der Waals surface area contributed by atoms with E-state index < -0.39 is 0 Å². The minimum atomic E-state index is 0.223. The molecule has 1 aliphatic carbocycles. The fourth-order valence-electron chi connectivity index (χ4n) is 2.48. The predicted molar refractivity (Wildman–Crippen MR) is 57.3 cm³/mol. The van der Waals surface area contributed by atoms with Gasteiger partial charge in [0.2, 0.25) is 5.91 Å². The van der Waals surface area contributed by atoms with Crippen molar-refractivity contribution in [2.45, 2.75) is 45.0 Å². The van der Waals surface area contributed by atoms with Crippen molar-refractivity contribution in [1.82, 2.24) is 10.2 Å². The number of methoxy groups -OCH3 is 1. The van der Waals surface area contributed by atoms with E-state index in [1.54, 1.807) is 7.11 Å². The topological polar surface area (TPSA) is 41.6 Å². The summed E-state index contributed by atoms with van der Waals surface area (Å²) in [6, 6.07) is 0.393. The monoisotopic (exact) mass is 212 g/mol. The Hall–Kier alpha value is -0.610. The van der Waals surface area contributed by atoms with E-state index in [4.69, 9.17) is 4.74 Å². The average Bonchev–Trinajstić information content (AvgIpc) is 2.47. The molecule has 1 saturated heterocycles. The number of amides is 1. The summed E-state index contributed by atoms with van der Waals surface area (Å²) in [6.45, 7) is 4.79. The van der Waals surface area contributed by atoms with Crippen molar-refractivity contribution in [3.63, 3.8) is 0 Å². The summed E-state index contributed by atoms with van der Waals surface area (Å²) in [6.07, 6.45) is 2.57. The summed E-state index contributed by atoms with van der Waals surface area (Å²) in [5.41, 5.74) is 0. The third kappa shape index (κ3) is 1.88. The molecule has 0 aromatic heterocycles. The standard InChI is InChI=1S/C11H20N2O2/c1-7(2)11-12-6-10(14)13(11)8-4-9(5-8)15-3/h7-9,11-12H,4-6H2,1-3H3. The minimum Gasteiger partial charge on any atom is -0.381 e. The molecule has 4 heteroatoms. The summed E-state index contributed by atoms with van der Waals surface area (Å²) >= 11 is 0. The van der Waals surface area contributed by atoms with Crippen LogP contribution in [-0.4, -0.2) is 42.8 Å². The molecule has 1 heterocycles. The van der Waals surface area contributed by atoms with Gasteiger partial charge in [-0.05, 0) is 18.8 Å². The van der Waals surface area contributed by atoms with Crippen molar-refractivity contribution in [2.24, 2.45) is 5.92 Å². The number of rotatable bonds is 3. The van der Waals surface area contributed by atoms with Gasteiger partial charge in [0.1, 0.15) is 0 Å². The molecule has 1 aliphatic heterocycles. The fourth-order valence-corrected chi connectivity index (χ4v) is 2.48. The summed E-state index contributed by atoms with van der Waals surface area (Å²) in [7, 11) is 1.74. The largest absolute Gasteiger partial charge is 0.381 e. The number of hydrogen-bond donors (Lipinski definition) is 1. The van der Waals surface area contributed by atoms with Crippen LogP contribution >= 0.6 is 0 Å². The van der Waals surface area contributed by atoms with Crippen LogP contribution in [-0.2, 0) is 9.53 Å². The van der Waals surface area contributed by atoms with Crippen LogP contribution in [0.4, 0.5) is 0 Å². The van der Waals surface area contributed by atoms with Crippen LogP contribution in [0.3, 0.4) is 0 Å². The first kappa shape index (κ1) is 10.9. The van der Waals surface area contributed by atoms with E-state index in [-0.39, 0.29) is 12.1 Å². The lowest BCUT2D eigenvalue weighted by Crippen LogP contribution is -2.54. The van der Waals surface area contributed by atoms with Gasteiger partial charge < -0.3 is 9.64 Å². The lowest BCUT2D eigenvalue weighted by molar-refractivity contribution is -0.136. The molecule has 1 unspecified atom stereocenters. The van der Waals surface area contributed by atoms with Gasteiger partial charge in [0.05, 0.1) is 18.8 Å². The Labute approximate surface area is 91.0 Å². The minimum absolute atomic E-state index is 0.223. The highest BCUT2D eigenvalue weighted by Crippen LogP contribution is 2.31. The van der Waals surface area contributed by atoms with Gasteiger partial charge in [0, 0.05) is 13.2 Å². The second-order valence-electron chi connectivity index (χ2n) is 4.85. The van der Waals surface area contributed by atoms with Gasteiger partial charge in [-0.25, -0.2) is 0 Å². The van der Waals surface area contributed by atoms with Crippen molar-refractivity contribution in [3.8, 4) is 0 Å². The van der Waals surface area contributed by atoms with Gasteiger partial charge in [-0.1, -0.05) is 13.8 Å². The normalized spacial score (nSPS) is 36.1. The molecule has 0 spiro atoms. The molecule has 0 radical (unpaired) electrons. The van der Waals surface area contributed by atoms with Crippen LogP contribution in [0.2, 0.25) is 0 Å². The van der Waals surface area contributed by atoms with E-state index in [9.17, 15) is 4.79 Å². The Morgan fingerprint density at radius 2 is 2.13 bits per heavy atom. The number of ether oxygens (including phenoxy) is 1. The first-order valence-electron chi connectivity index (χ1n) is 5.70. The van der Waals surface area contributed by atoms with Crippen molar-refractivity contribution in [1.29, 1.82) is 0 Å². The highest BCUT2D eigenvalue weighted by molar-refractivity contribution is 5.81. The van der Waals surface area contributed by atoms with Gasteiger partial charge in [-0.2, -0.15) is 0 Å². The molecule has 2 rings (SSSR count). The maximum absolute atomic E-state index is 11.7. The van der Waals surface area contributed by atoms with E-state index in [2.05, 4.69) is 19.2 Å². The maximum Gasteiger partial charge on any atom is 0.238 e. The number of nitrogens with one attached hydrogen (secondary N) is 1. The van der Waals surface area contributed by atoms with Crippen LogP contribution in [0.15, 0.2) is 0 Å². The highest BCUT2D eigenvalue weighted by Gasteiger charge is 2.43. The summed E-state index contributed by atoms with van der Waals surface area (Å²) in [5.74, 6) is 0.714. The van der Waals surface area contributed by atoms with E-state index in [0.29, 0.717) is 24.6 Å². The zero-order chi connectivity index (χ0) is 11.0. The van der Waals surface area contributed by atoms with E-state index >= 15 is 0 Å². The fraction of sp³-hybridized carbons (Fsp3) is 0.909. The zero-order valence-electron chi connectivity index (χ0n) is 9.69. The molecule has 1 saturated carbocycles. The van der Waals surface area contributed by atoms with Crippen molar-refractivity contribution in [2.75, 3.05) is 13.7 Å². The molecule has 2 fully saturated rings. The predicted octanol–water partition coefficient (Wildman–Crippen LogP) is 0.578. The van der Waals surface area contributed by atoms with Gasteiger partial charge in [0.25, 0.3) is 0 Å². The Bertz CT molecular complexity index is 249. The lowest BCUT2D eigenvalue weighted by Gasteiger charge is -2.43. The van der Waals surface area contributed by atoms with Crippen LogP contribution in [0.25, 0.3) is 0 Å². The first-order chi connectivity index (χ1) is 7.13. The second kappa shape index (κ2) is 4.10. The van der Waals surface area contributed by atoms with Crippen LogP contribution in [0.1, 0.15) is 26.7 Å². The van der Waals surface area contributed by atoms with Gasteiger partial charge in [0.15, 0.2) is 0 Å². The summed E-state index contributed by atoms with van der Waals surface area (Å²) < 4.78 is 5.25. The number of carbonyl (C=O) groups is 1. The average molecular weight is 212 g/mol. The molecule has 86 valence electrons. The van der Waals surface area contributed by atoms with Crippen LogP contribution < -0.4 is 5.32 Å². The molecular formula is C11H20N2O2. The van der Waals surface area contributed by atoms with Crippen LogP contribution in [0, 0.1) is 5.92 Å². The summed E-state index contributed by atoms with van der Waals surface area (Å²) in [4.78, 5) is 13.8. The van der Waals surface area contributed by atoms with E-state index in [1.165, 1.54) is 0 Å². The summed E-state index contributed by atoms with van der Waals surface area (Å²) in [5, 5.41) is 3.27. The highest BCUT2D eigenvalue weighted by atomic mass is 16.5. The van der Waals surface area contributed by atoms with Crippen LogP contribution in [0.5, 0.6) is 0 Å². The van der Waals surface area contributed by atoms with Gasteiger partial charge in [-0.15, -0.1) is 0 Å². The Balaban J connectivity index is 1.97. The molecular weight excluding hydrogens is 192 g/mol. The Kier molecular flexibility index (Phi) is 2.98. The van der Waals surface area contributed by atoms with E-state index in [0.717, 1.165) is 12.8 Å². The second-order valence-corrected chi connectivity index (χ2v) is 4.85. The quantitative estimate of drug-likeness (QED) is 0.744. The molecule has 0 bridgehead atoms. The lowest BCUT2D eigenvalue weighted by atomic mass is 9.87. The molecule has 2 aliphatic rings. The van der Waals surface area contributed by atoms with Crippen molar-refractivity contribution >= 4 is 5.91 Å². The molecule has 0 aromatic rings. The van der Waals surface area contributed by atoms with E-state index in [1.807, 2.05) is 4.90 Å². The molecule has 1 amide bonds. The van der Waals surface area contributed by atoms with Crippen molar-refractivity contribution < 1.29 is 9.53 Å². The van der Waals surface area contributed by atoms with Gasteiger partial charge in [-0.3, -0.25) is 10.1 Å². The molecule has 0 aromatic carbocycles. The SMILES string of the molecule is COC1CC(N2C(=O)CNC2C(C)C)C1. The number of nitrogens with zero attached hydrogens (tertiary/aromatic N) is 1. The molecule has 1 atom stereocenters.